The molecule has 0 atom stereocenters. The molecular weight excluding hydrogens is 493 g/mol. The Labute approximate surface area is 221 Å². The van der Waals surface area contributed by atoms with Crippen LogP contribution in [0.5, 0.6) is 0 Å². The second-order valence-electron chi connectivity index (χ2n) is 9.57. The van der Waals surface area contributed by atoms with E-state index in [1.807, 2.05) is 56.3 Å². The number of hydrogen-bond acceptors (Lipinski definition) is 6. The predicted octanol–water partition coefficient (Wildman–Crippen LogP) is 4.92. The lowest BCUT2D eigenvalue weighted by Gasteiger charge is -2.33. The summed E-state index contributed by atoms with van der Waals surface area (Å²) < 4.78 is 41.4. The van der Waals surface area contributed by atoms with Gasteiger partial charge in [0.1, 0.15) is 5.82 Å². The Morgan fingerprint density at radius 2 is 1.66 bits per heavy atom. The Hall–Kier alpha value is -3.63. The number of benzene rings is 2. The van der Waals surface area contributed by atoms with Crippen molar-refractivity contribution in [2.24, 2.45) is 0 Å². The highest BCUT2D eigenvalue weighted by molar-refractivity contribution is 5.94. The number of piperazine rings is 1. The van der Waals surface area contributed by atoms with Gasteiger partial charge in [-0.3, -0.25) is 9.69 Å². The molecule has 0 bridgehead atoms. The lowest BCUT2D eigenvalue weighted by atomic mass is 10.0. The average Bonchev–Trinajstić information content (AvgIpc) is 2.89. The second-order valence-corrected chi connectivity index (χ2v) is 9.57. The highest BCUT2D eigenvalue weighted by Gasteiger charge is 2.34. The molecule has 1 aliphatic heterocycles. The molecule has 10 heteroatoms. The minimum atomic E-state index is -4.51. The van der Waals surface area contributed by atoms with E-state index in [0.717, 1.165) is 60.4 Å². The molecule has 0 unspecified atom stereocenters. The van der Waals surface area contributed by atoms with Crippen LogP contribution in [0.1, 0.15) is 16.7 Å². The molecule has 3 N–H and O–H groups in total. The number of nitrogens with zero attached hydrogens (tertiary/aromatic N) is 3. The van der Waals surface area contributed by atoms with Gasteiger partial charge in [0.2, 0.25) is 5.91 Å². The molecule has 1 aliphatic rings. The van der Waals surface area contributed by atoms with Crippen LogP contribution in [0.4, 0.5) is 30.4 Å². The van der Waals surface area contributed by atoms with Gasteiger partial charge in [0.15, 0.2) is 0 Å². The standard InChI is InChI=1S/C28H33F3N6O/c1-19-14-22(16-34-27(19)32-2)20-4-7-23(8-5-20)33-17-26(38)35-24-9-6-21(25(15-24)28(29,30)31)18-37-12-10-36(3)11-13-37/h4-9,14-16,33H,10-13,17-18H2,1-3H3,(H,32,34)(H,35,38). The minimum Gasteiger partial charge on any atom is -0.376 e. The van der Waals surface area contributed by atoms with Crippen molar-refractivity contribution >= 4 is 23.1 Å². The fourth-order valence-corrected chi connectivity index (χ4v) is 4.47. The summed E-state index contributed by atoms with van der Waals surface area (Å²) in [6, 6.07) is 13.6. The van der Waals surface area contributed by atoms with E-state index in [2.05, 4.69) is 25.8 Å². The molecule has 1 saturated heterocycles. The first-order valence-electron chi connectivity index (χ1n) is 12.5. The monoisotopic (exact) mass is 526 g/mol. The maximum Gasteiger partial charge on any atom is 0.416 e. The molecule has 1 fully saturated rings. The van der Waals surface area contributed by atoms with Gasteiger partial charge in [0, 0.05) is 62.9 Å². The zero-order valence-corrected chi connectivity index (χ0v) is 21.8. The lowest BCUT2D eigenvalue weighted by Crippen LogP contribution is -2.44. The predicted molar refractivity (Wildman–Crippen MR) is 145 cm³/mol. The smallest absolute Gasteiger partial charge is 0.376 e. The number of nitrogens with one attached hydrogen (secondary N) is 3. The number of likely N-dealkylation sites (N-methyl/N-ethyl adjacent to an activating group) is 1. The van der Waals surface area contributed by atoms with E-state index in [-0.39, 0.29) is 24.3 Å². The molecule has 2 heterocycles. The maximum atomic E-state index is 13.8. The molecule has 0 aliphatic carbocycles. The normalized spacial score (nSPS) is 14.8. The van der Waals surface area contributed by atoms with Gasteiger partial charge in [-0.1, -0.05) is 18.2 Å². The Bertz CT molecular complexity index is 1250. The topological polar surface area (TPSA) is 72.5 Å². The van der Waals surface area contributed by atoms with E-state index in [4.69, 9.17) is 0 Å². The number of aryl methyl sites for hydroxylation is 1. The van der Waals surface area contributed by atoms with Crippen molar-refractivity contribution in [1.82, 2.24) is 14.8 Å². The van der Waals surface area contributed by atoms with Gasteiger partial charge in [-0.2, -0.15) is 13.2 Å². The number of rotatable bonds is 8. The van der Waals surface area contributed by atoms with Crippen LogP contribution < -0.4 is 16.0 Å². The van der Waals surface area contributed by atoms with Gasteiger partial charge in [0.05, 0.1) is 12.1 Å². The summed E-state index contributed by atoms with van der Waals surface area (Å²) in [7, 11) is 3.83. The zero-order chi connectivity index (χ0) is 27.3. The molecule has 2 aromatic carbocycles. The van der Waals surface area contributed by atoms with Crippen molar-refractivity contribution in [2.45, 2.75) is 19.6 Å². The average molecular weight is 527 g/mol. The fourth-order valence-electron chi connectivity index (χ4n) is 4.47. The van der Waals surface area contributed by atoms with Crippen LogP contribution in [-0.2, 0) is 17.5 Å². The summed E-state index contributed by atoms with van der Waals surface area (Å²) in [6.07, 6.45) is -2.72. The highest BCUT2D eigenvalue weighted by atomic mass is 19.4. The van der Waals surface area contributed by atoms with E-state index in [1.165, 1.54) is 12.1 Å². The number of hydrogen-bond donors (Lipinski definition) is 3. The molecule has 0 spiro atoms. The molecule has 3 aromatic rings. The number of amides is 1. The number of anilines is 3. The number of pyridine rings is 1. The van der Waals surface area contributed by atoms with Gasteiger partial charge in [-0.05, 0) is 61.0 Å². The van der Waals surface area contributed by atoms with E-state index in [1.54, 1.807) is 6.20 Å². The molecule has 1 aromatic heterocycles. The Balaban J connectivity index is 1.35. The minimum absolute atomic E-state index is 0.0821. The van der Waals surface area contributed by atoms with E-state index in [9.17, 15) is 18.0 Å². The summed E-state index contributed by atoms with van der Waals surface area (Å²) >= 11 is 0. The van der Waals surface area contributed by atoms with Crippen molar-refractivity contribution in [3.63, 3.8) is 0 Å². The summed E-state index contributed by atoms with van der Waals surface area (Å²) in [4.78, 5) is 21.1. The summed E-state index contributed by atoms with van der Waals surface area (Å²) in [5.74, 6) is 0.390. The van der Waals surface area contributed by atoms with Gasteiger partial charge < -0.3 is 20.9 Å². The van der Waals surface area contributed by atoms with Crippen molar-refractivity contribution < 1.29 is 18.0 Å². The third-order valence-corrected chi connectivity index (χ3v) is 6.68. The van der Waals surface area contributed by atoms with Crippen LogP contribution in [0.3, 0.4) is 0 Å². The molecule has 202 valence electrons. The SMILES string of the molecule is CNc1ncc(-c2ccc(NCC(=O)Nc3ccc(CN4CCN(C)CC4)c(C(F)(F)F)c3)cc2)cc1C. The number of carbonyl (C=O) groups excluding carboxylic acids is 1. The van der Waals surface area contributed by atoms with Crippen molar-refractivity contribution in [3.05, 3.63) is 71.4 Å². The highest BCUT2D eigenvalue weighted by Crippen LogP contribution is 2.34. The van der Waals surface area contributed by atoms with Crippen LogP contribution in [0.15, 0.2) is 54.7 Å². The molecule has 4 rings (SSSR count). The zero-order valence-electron chi connectivity index (χ0n) is 21.8. The largest absolute Gasteiger partial charge is 0.416 e. The summed E-state index contributed by atoms with van der Waals surface area (Å²) in [5, 5.41) is 8.64. The third-order valence-electron chi connectivity index (χ3n) is 6.68. The quantitative estimate of drug-likeness (QED) is 0.387. The molecule has 1 amide bonds. The third kappa shape index (κ3) is 7.02. The number of carbonyl (C=O) groups is 1. The number of halogens is 3. The summed E-state index contributed by atoms with van der Waals surface area (Å²) in [5.41, 5.74) is 3.32. The molecule has 0 saturated carbocycles. The van der Waals surface area contributed by atoms with Crippen LogP contribution in [-0.4, -0.2) is 67.5 Å². The van der Waals surface area contributed by atoms with Gasteiger partial charge in [-0.15, -0.1) is 0 Å². The fraction of sp³-hybridized carbons (Fsp3) is 0.357. The van der Waals surface area contributed by atoms with Crippen molar-refractivity contribution in [3.8, 4) is 11.1 Å². The van der Waals surface area contributed by atoms with Crippen LogP contribution in [0.25, 0.3) is 11.1 Å². The van der Waals surface area contributed by atoms with Crippen molar-refractivity contribution in [2.75, 3.05) is 62.8 Å². The Morgan fingerprint density at radius 1 is 0.974 bits per heavy atom. The van der Waals surface area contributed by atoms with E-state index >= 15 is 0 Å². The van der Waals surface area contributed by atoms with Crippen LogP contribution in [0.2, 0.25) is 0 Å². The maximum absolute atomic E-state index is 13.8. The Kier molecular flexibility index (Phi) is 8.53. The van der Waals surface area contributed by atoms with E-state index in [0.29, 0.717) is 0 Å². The molecule has 0 radical (unpaired) electrons. The van der Waals surface area contributed by atoms with E-state index < -0.39 is 17.6 Å². The lowest BCUT2D eigenvalue weighted by molar-refractivity contribution is -0.138. The van der Waals surface area contributed by atoms with Crippen LogP contribution in [0, 0.1) is 6.92 Å². The number of aromatic nitrogens is 1. The van der Waals surface area contributed by atoms with Crippen molar-refractivity contribution in [1.29, 1.82) is 0 Å². The number of alkyl halides is 3. The molecular formula is C28H33F3N6O. The van der Waals surface area contributed by atoms with Gasteiger partial charge in [0.25, 0.3) is 0 Å². The van der Waals surface area contributed by atoms with Gasteiger partial charge in [-0.25, -0.2) is 4.98 Å². The molecule has 38 heavy (non-hydrogen) atoms. The first kappa shape index (κ1) is 27.4. The molecule has 7 nitrogen and oxygen atoms in total. The Morgan fingerprint density at radius 3 is 2.29 bits per heavy atom. The first-order chi connectivity index (χ1) is 18.1. The summed E-state index contributed by atoms with van der Waals surface area (Å²) in [6.45, 7) is 5.22. The second kappa shape index (κ2) is 11.8. The van der Waals surface area contributed by atoms with Crippen LogP contribution >= 0.6 is 0 Å². The van der Waals surface area contributed by atoms with Gasteiger partial charge >= 0.3 is 6.18 Å². The first-order valence-corrected chi connectivity index (χ1v) is 12.5.